The lowest BCUT2D eigenvalue weighted by Crippen LogP contribution is -2.37. The van der Waals surface area contributed by atoms with E-state index in [9.17, 15) is 10.1 Å². The molecule has 0 radical (unpaired) electrons. The second-order valence-electron chi connectivity index (χ2n) is 4.46. The Hall–Kier alpha value is -2.12. The smallest absolute Gasteiger partial charge is 0.335 e. The van der Waals surface area contributed by atoms with Gasteiger partial charge in [-0.25, -0.2) is 4.79 Å². The minimum Gasteiger partial charge on any atom is -0.464 e. The van der Waals surface area contributed by atoms with Gasteiger partial charge in [-0.05, 0) is 30.2 Å². The van der Waals surface area contributed by atoms with Crippen molar-refractivity contribution in [2.45, 2.75) is 12.3 Å². The Morgan fingerprint density at radius 3 is 2.24 bits per heavy atom. The maximum atomic E-state index is 12.5. The number of esters is 1. The van der Waals surface area contributed by atoms with E-state index >= 15 is 0 Å². The van der Waals surface area contributed by atoms with Gasteiger partial charge in [0.25, 0.3) is 0 Å². The number of rotatable bonds is 4. The molecule has 2 aromatic carbocycles. The molecule has 4 heteroatoms. The van der Waals surface area contributed by atoms with Gasteiger partial charge < -0.3 is 4.74 Å². The molecule has 0 amide bonds. The van der Waals surface area contributed by atoms with E-state index in [2.05, 4.69) is 22.0 Å². The molecule has 1 atom stereocenters. The molecule has 0 bridgehead atoms. The van der Waals surface area contributed by atoms with Crippen LogP contribution in [0.1, 0.15) is 18.1 Å². The van der Waals surface area contributed by atoms with Gasteiger partial charge in [-0.15, -0.1) is 0 Å². The average Bonchev–Trinajstić information content (AvgIpc) is 2.52. The second-order valence-corrected chi connectivity index (χ2v) is 5.37. The molecule has 1 unspecified atom stereocenters. The van der Waals surface area contributed by atoms with Gasteiger partial charge in [0.2, 0.25) is 5.41 Å². The summed E-state index contributed by atoms with van der Waals surface area (Å²) in [5.74, 6) is -0.555. The van der Waals surface area contributed by atoms with E-state index in [0.29, 0.717) is 11.1 Å². The Morgan fingerprint density at radius 2 is 1.71 bits per heavy atom. The van der Waals surface area contributed by atoms with Crippen LogP contribution in [0, 0.1) is 11.3 Å². The zero-order valence-electron chi connectivity index (χ0n) is 11.5. The molecule has 0 aliphatic carbocycles. The molecule has 3 nitrogen and oxygen atoms in total. The third-order valence-electron chi connectivity index (χ3n) is 3.23. The number of benzene rings is 2. The van der Waals surface area contributed by atoms with E-state index in [1.807, 2.05) is 18.2 Å². The number of carbonyl (C=O) groups excluding carboxylic acids is 1. The fourth-order valence-corrected chi connectivity index (χ4v) is 2.47. The molecular formula is C17H14BrNO2. The first-order valence-corrected chi connectivity index (χ1v) is 7.34. The normalized spacial score (nSPS) is 13.0. The predicted molar refractivity (Wildman–Crippen MR) is 83.6 cm³/mol. The largest absolute Gasteiger partial charge is 0.464 e. The number of halogens is 1. The predicted octanol–water partition coefficient (Wildman–Crippen LogP) is 3.82. The maximum absolute atomic E-state index is 12.5. The Bertz CT molecular complexity index is 661. The molecule has 0 spiro atoms. The fourth-order valence-electron chi connectivity index (χ4n) is 2.20. The highest BCUT2D eigenvalue weighted by atomic mass is 79.9. The van der Waals surface area contributed by atoms with E-state index < -0.39 is 11.4 Å². The third kappa shape index (κ3) is 2.84. The summed E-state index contributed by atoms with van der Waals surface area (Å²) in [6.07, 6.45) is 0. The SMILES string of the molecule is CCOC(=O)C(C#N)(c1ccccc1)c1ccc(Br)cc1. The summed E-state index contributed by atoms with van der Waals surface area (Å²) in [4.78, 5) is 12.5. The summed E-state index contributed by atoms with van der Waals surface area (Å²) < 4.78 is 6.05. The van der Waals surface area contributed by atoms with E-state index in [4.69, 9.17) is 4.74 Å². The van der Waals surface area contributed by atoms with Gasteiger partial charge in [-0.3, -0.25) is 0 Å². The highest BCUT2D eigenvalue weighted by Crippen LogP contribution is 2.34. The van der Waals surface area contributed by atoms with Crippen molar-refractivity contribution in [3.63, 3.8) is 0 Å². The standard InChI is InChI=1S/C17H14BrNO2/c1-2-21-16(20)17(12-19,13-6-4-3-5-7-13)14-8-10-15(18)11-9-14/h3-11H,2H2,1H3. The number of nitriles is 1. The van der Waals surface area contributed by atoms with Crippen molar-refractivity contribution in [3.8, 4) is 6.07 Å². The van der Waals surface area contributed by atoms with Crippen LogP contribution in [0.4, 0.5) is 0 Å². The topological polar surface area (TPSA) is 50.1 Å². The molecule has 0 fully saturated rings. The van der Waals surface area contributed by atoms with Crippen LogP contribution in [0.25, 0.3) is 0 Å². The van der Waals surface area contributed by atoms with Crippen LogP contribution < -0.4 is 0 Å². The Labute approximate surface area is 132 Å². The van der Waals surface area contributed by atoms with Gasteiger partial charge >= 0.3 is 5.97 Å². The Kier molecular flexibility index (Phi) is 4.77. The first kappa shape index (κ1) is 15.3. The maximum Gasteiger partial charge on any atom is 0.335 e. The summed E-state index contributed by atoms with van der Waals surface area (Å²) in [6.45, 7) is 1.96. The van der Waals surface area contributed by atoms with Gasteiger partial charge in [-0.1, -0.05) is 58.4 Å². The molecule has 21 heavy (non-hydrogen) atoms. The van der Waals surface area contributed by atoms with Gasteiger partial charge in [0.05, 0.1) is 12.7 Å². The average molecular weight is 344 g/mol. The van der Waals surface area contributed by atoms with E-state index in [0.717, 1.165) is 4.47 Å². The summed E-state index contributed by atoms with van der Waals surface area (Å²) in [7, 11) is 0. The monoisotopic (exact) mass is 343 g/mol. The lowest BCUT2D eigenvalue weighted by molar-refractivity contribution is -0.146. The quantitative estimate of drug-likeness (QED) is 0.793. The fraction of sp³-hybridized carbons (Fsp3) is 0.176. The Morgan fingerprint density at radius 1 is 1.14 bits per heavy atom. The van der Waals surface area contributed by atoms with Gasteiger partial charge in [-0.2, -0.15) is 5.26 Å². The van der Waals surface area contributed by atoms with Crippen molar-refractivity contribution < 1.29 is 9.53 Å². The highest BCUT2D eigenvalue weighted by molar-refractivity contribution is 9.10. The minimum absolute atomic E-state index is 0.228. The first-order chi connectivity index (χ1) is 10.1. The molecule has 0 N–H and O–H groups in total. The number of carbonyl (C=O) groups is 1. The molecule has 0 heterocycles. The van der Waals surface area contributed by atoms with Crippen molar-refractivity contribution in [1.82, 2.24) is 0 Å². The van der Waals surface area contributed by atoms with Crippen LogP contribution in [0.5, 0.6) is 0 Å². The number of ether oxygens (including phenoxy) is 1. The first-order valence-electron chi connectivity index (χ1n) is 6.55. The van der Waals surface area contributed by atoms with Crippen LogP contribution in [-0.4, -0.2) is 12.6 Å². The molecule has 0 aliphatic rings. The van der Waals surface area contributed by atoms with E-state index in [1.165, 1.54) is 0 Å². The summed E-state index contributed by atoms with van der Waals surface area (Å²) in [5.41, 5.74) is -0.246. The molecule has 2 rings (SSSR count). The van der Waals surface area contributed by atoms with E-state index in [1.54, 1.807) is 43.3 Å². The molecule has 106 valence electrons. The number of hydrogen-bond acceptors (Lipinski definition) is 3. The third-order valence-corrected chi connectivity index (χ3v) is 3.76. The Balaban J connectivity index is 2.66. The zero-order valence-corrected chi connectivity index (χ0v) is 13.1. The lowest BCUT2D eigenvalue weighted by atomic mass is 9.75. The molecule has 0 saturated heterocycles. The van der Waals surface area contributed by atoms with Gasteiger partial charge in [0.15, 0.2) is 0 Å². The van der Waals surface area contributed by atoms with Crippen LogP contribution in [-0.2, 0) is 14.9 Å². The van der Waals surface area contributed by atoms with Crippen molar-refractivity contribution in [2.75, 3.05) is 6.61 Å². The summed E-state index contributed by atoms with van der Waals surface area (Å²) >= 11 is 3.36. The van der Waals surface area contributed by atoms with Crippen LogP contribution in [0.2, 0.25) is 0 Å². The lowest BCUT2D eigenvalue weighted by Gasteiger charge is -2.25. The van der Waals surface area contributed by atoms with Crippen LogP contribution in [0.3, 0.4) is 0 Å². The summed E-state index contributed by atoms with van der Waals surface area (Å²) in [6, 6.07) is 18.3. The van der Waals surface area contributed by atoms with Crippen molar-refractivity contribution >= 4 is 21.9 Å². The molecule has 0 aliphatic heterocycles. The summed E-state index contributed by atoms with van der Waals surface area (Å²) in [5, 5.41) is 9.79. The van der Waals surface area contributed by atoms with E-state index in [-0.39, 0.29) is 6.61 Å². The molecule has 0 aromatic heterocycles. The van der Waals surface area contributed by atoms with Crippen molar-refractivity contribution in [1.29, 1.82) is 5.26 Å². The molecular weight excluding hydrogens is 330 g/mol. The zero-order chi connectivity index (χ0) is 15.3. The molecule has 0 saturated carbocycles. The highest BCUT2D eigenvalue weighted by Gasteiger charge is 2.44. The van der Waals surface area contributed by atoms with Crippen molar-refractivity contribution in [2.24, 2.45) is 0 Å². The minimum atomic E-state index is -1.45. The molecule has 2 aromatic rings. The van der Waals surface area contributed by atoms with Gasteiger partial charge in [0.1, 0.15) is 0 Å². The second kappa shape index (κ2) is 6.55. The number of hydrogen-bond donors (Lipinski definition) is 0. The van der Waals surface area contributed by atoms with Crippen molar-refractivity contribution in [3.05, 3.63) is 70.2 Å². The van der Waals surface area contributed by atoms with Crippen LogP contribution >= 0.6 is 15.9 Å². The number of nitrogens with zero attached hydrogens (tertiary/aromatic N) is 1. The van der Waals surface area contributed by atoms with Gasteiger partial charge in [0, 0.05) is 4.47 Å². The van der Waals surface area contributed by atoms with Crippen LogP contribution in [0.15, 0.2) is 59.1 Å².